The van der Waals surface area contributed by atoms with Crippen LogP contribution in [0.15, 0.2) is 36.7 Å². The summed E-state index contributed by atoms with van der Waals surface area (Å²) in [5, 5.41) is 3.21. The van der Waals surface area contributed by atoms with Crippen LogP contribution < -0.4 is 11.1 Å². The van der Waals surface area contributed by atoms with Crippen LogP contribution in [0.25, 0.3) is 0 Å². The topological polar surface area (TPSA) is 77.2 Å². The molecule has 5 nitrogen and oxygen atoms in total. The molecule has 0 unspecified atom stereocenters. The van der Waals surface area contributed by atoms with E-state index in [1.165, 1.54) is 0 Å². The third kappa shape index (κ3) is 3.51. The Bertz CT molecular complexity index is 641. The van der Waals surface area contributed by atoms with Gasteiger partial charge in [0.05, 0.1) is 23.5 Å². The summed E-state index contributed by atoms with van der Waals surface area (Å²) in [6.07, 6.45) is 3.55. The van der Waals surface area contributed by atoms with Gasteiger partial charge >= 0.3 is 5.97 Å². The number of esters is 1. The molecule has 1 aromatic heterocycles. The third-order valence-electron chi connectivity index (χ3n) is 3.20. The SMILES string of the molecule is CCOC(=O)c1cccc(N)c1NCc1cnccc1C. The van der Waals surface area contributed by atoms with Crippen molar-refractivity contribution in [1.82, 2.24) is 4.98 Å². The minimum Gasteiger partial charge on any atom is -0.462 e. The summed E-state index contributed by atoms with van der Waals surface area (Å²) in [6.45, 7) is 4.66. The van der Waals surface area contributed by atoms with E-state index in [-0.39, 0.29) is 5.97 Å². The van der Waals surface area contributed by atoms with Gasteiger partial charge in [0.25, 0.3) is 0 Å². The normalized spacial score (nSPS) is 10.2. The van der Waals surface area contributed by atoms with Crippen molar-refractivity contribution in [3.63, 3.8) is 0 Å². The van der Waals surface area contributed by atoms with Crippen molar-refractivity contribution >= 4 is 17.3 Å². The first-order valence-corrected chi connectivity index (χ1v) is 6.82. The van der Waals surface area contributed by atoms with E-state index < -0.39 is 0 Å². The van der Waals surface area contributed by atoms with Gasteiger partial charge in [0.15, 0.2) is 0 Å². The molecule has 0 bridgehead atoms. The van der Waals surface area contributed by atoms with E-state index in [9.17, 15) is 4.79 Å². The number of pyridine rings is 1. The Morgan fingerprint density at radius 2 is 2.19 bits per heavy atom. The Balaban J connectivity index is 2.23. The first kappa shape index (κ1) is 14.8. The fourth-order valence-electron chi connectivity index (χ4n) is 2.01. The number of benzene rings is 1. The second-order valence-corrected chi connectivity index (χ2v) is 4.65. The van der Waals surface area contributed by atoms with Gasteiger partial charge < -0.3 is 15.8 Å². The molecule has 0 radical (unpaired) electrons. The highest BCUT2D eigenvalue weighted by Crippen LogP contribution is 2.25. The summed E-state index contributed by atoms with van der Waals surface area (Å²) in [5.74, 6) is -0.379. The summed E-state index contributed by atoms with van der Waals surface area (Å²) < 4.78 is 5.05. The number of nitrogens with one attached hydrogen (secondary N) is 1. The van der Waals surface area contributed by atoms with Gasteiger partial charge in [0.1, 0.15) is 0 Å². The molecule has 0 saturated heterocycles. The highest BCUT2D eigenvalue weighted by molar-refractivity contribution is 5.98. The molecule has 0 aliphatic rings. The van der Waals surface area contributed by atoms with Gasteiger partial charge in [-0.3, -0.25) is 4.98 Å². The first-order chi connectivity index (χ1) is 10.1. The lowest BCUT2D eigenvalue weighted by Crippen LogP contribution is -2.12. The van der Waals surface area contributed by atoms with Crippen LogP contribution in [-0.2, 0) is 11.3 Å². The van der Waals surface area contributed by atoms with Crippen molar-refractivity contribution in [1.29, 1.82) is 0 Å². The highest BCUT2D eigenvalue weighted by Gasteiger charge is 2.14. The maximum Gasteiger partial charge on any atom is 0.340 e. The molecule has 5 heteroatoms. The van der Waals surface area contributed by atoms with Crippen LogP contribution in [0.4, 0.5) is 11.4 Å². The number of aryl methyl sites for hydroxylation is 1. The molecule has 3 N–H and O–H groups in total. The summed E-state index contributed by atoms with van der Waals surface area (Å²) in [6, 6.07) is 7.13. The molecule has 0 saturated carbocycles. The highest BCUT2D eigenvalue weighted by atomic mass is 16.5. The van der Waals surface area contributed by atoms with E-state index >= 15 is 0 Å². The monoisotopic (exact) mass is 285 g/mol. The Morgan fingerprint density at radius 3 is 2.90 bits per heavy atom. The van der Waals surface area contributed by atoms with Crippen LogP contribution in [0.2, 0.25) is 0 Å². The van der Waals surface area contributed by atoms with Crippen LogP contribution in [0, 0.1) is 6.92 Å². The lowest BCUT2D eigenvalue weighted by Gasteiger charge is -2.14. The van der Waals surface area contributed by atoms with Crippen LogP contribution in [0.1, 0.15) is 28.4 Å². The number of carbonyl (C=O) groups excluding carboxylic acids is 1. The molecule has 0 atom stereocenters. The molecule has 21 heavy (non-hydrogen) atoms. The Hall–Kier alpha value is -2.56. The quantitative estimate of drug-likeness (QED) is 0.652. The van der Waals surface area contributed by atoms with Gasteiger partial charge in [-0.2, -0.15) is 0 Å². The zero-order chi connectivity index (χ0) is 15.2. The van der Waals surface area contributed by atoms with Crippen molar-refractivity contribution in [3.8, 4) is 0 Å². The molecular weight excluding hydrogens is 266 g/mol. The number of aromatic nitrogens is 1. The van der Waals surface area contributed by atoms with Crippen molar-refractivity contribution in [2.45, 2.75) is 20.4 Å². The van der Waals surface area contributed by atoms with Crippen molar-refractivity contribution in [2.24, 2.45) is 0 Å². The number of carbonyl (C=O) groups is 1. The molecule has 2 aromatic rings. The molecule has 2 rings (SSSR count). The molecular formula is C16H19N3O2. The van der Waals surface area contributed by atoms with E-state index in [0.29, 0.717) is 30.1 Å². The summed E-state index contributed by atoms with van der Waals surface area (Å²) in [4.78, 5) is 16.1. The second kappa shape index (κ2) is 6.74. The number of hydrogen-bond acceptors (Lipinski definition) is 5. The number of nitrogens with zero attached hydrogens (tertiary/aromatic N) is 1. The Labute approximate surface area is 124 Å². The number of ether oxygens (including phenoxy) is 1. The Morgan fingerprint density at radius 1 is 1.38 bits per heavy atom. The first-order valence-electron chi connectivity index (χ1n) is 6.82. The standard InChI is InChI=1S/C16H19N3O2/c1-3-21-16(20)13-5-4-6-14(17)15(13)19-10-12-9-18-8-7-11(12)2/h4-9,19H,3,10,17H2,1-2H3. The molecule has 0 amide bonds. The van der Waals surface area contributed by atoms with E-state index in [4.69, 9.17) is 10.5 Å². The average molecular weight is 285 g/mol. The van der Waals surface area contributed by atoms with E-state index in [0.717, 1.165) is 11.1 Å². The van der Waals surface area contributed by atoms with Crippen LogP contribution in [-0.4, -0.2) is 17.6 Å². The van der Waals surface area contributed by atoms with E-state index in [1.54, 1.807) is 37.5 Å². The number of nitrogens with two attached hydrogens (primary N) is 1. The van der Waals surface area contributed by atoms with Gasteiger partial charge in [0.2, 0.25) is 0 Å². The van der Waals surface area contributed by atoms with E-state index in [2.05, 4.69) is 10.3 Å². The molecule has 0 spiro atoms. The van der Waals surface area contributed by atoms with Crippen LogP contribution in [0.3, 0.4) is 0 Å². The maximum atomic E-state index is 12.0. The molecule has 0 aliphatic carbocycles. The molecule has 0 aliphatic heterocycles. The number of para-hydroxylation sites is 1. The van der Waals surface area contributed by atoms with Crippen molar-refractivity contribution in [2.75, 3.05) is 17.7 Å². The molecule has 1 aromatic carbocycles. The van der Waals surface area contributed by atoms with Crippen molar-refractivity contribution in [3.05, 3.63) is 53.3 Å². The lowest BCUT2D eigenvalue weighted by molar-refractivity contribution is 0.0527. The maximum absolute atomic E-state index is 12.0. The van der Waals surface area contributed by atoms with Crippen LogP contribution >= 0.6 is 0 Å². The Kier molecular flexibility index (Phi) is 4.77. The minimum atomic E-state index is -0.379. The fraction of sp³-hybridized carbons (Fsp3) is 0.250. The van der Waals surface area contributed by atoms with Gasteiger partial charge in [-0.05, 0) is 43.2 Å². The van der Waals surface area contributed by atoms with Gasteiger partial charge in [-0.25, -0.2) is 4.79 Å². The zero-order valence-corrected chi connectivity index (χ0v) is 12.2. The summed E-state index contributed by atoms with van der Waals surface area (Å²) in [5.41, 5.74) is 9.71. The summed E-state index contributed by atoms with van der Waals surface area (Å²) in [7, 11) is 0. The summed E-state index contributed by atoms with van der Waals surface area (Å²) >= 11 is 0. The smallest absolute Gasteiger partial charge is 0.340 e. The predicted molar refractivity (Wildman–Crippen MR) is 83.1 cm³/mol. The largest absolute Gasteiger partial charge is 0.462 e. The van der Waals surface area contributed by atoms with Crippen LogP contribution in [0.5, 0.6) is 0 Å². The second-order valence-electron chi connectivity index (χ2n) is 4.65. The van der Waals surface area contributed by atoms with Crippen molar-refractivity contribution < 1.29 is 9.53 Å². The molecule has 110 valence electrons. The number of hydrogen-bond donors (Lipinski definition) is 2. The fourth-order valence-corrected chi connectivity index (χ4v) is 2.01. The van der Waals surface area contributed by atoms with Gasteiger partial charge in [-0.15, -0.1) is 0 Å². The number of rotatable bonds is 5. The third-order valence-corrected chi connectivity index (χ3v) is 3.20. The van der Waals surface area contributed by atoms with E-state index in [1.807, 2.05) is 13.0 Å². The van der Waals surface area contributed by atoms with Gasteiger partial charge in [-0.1, -0.05) is 6.07 Å². The predicted octanol–water partition coefficient (Wildman–Crippen LogP) is 2.76. The number of nitrogen functional groups attached to an aromatic ring is 1. The van der Waals surface area contributed by atoms with Gasteiger partial charge in [0, 0.05) is 18.9 Å². The molecule has 1 heterocycles. The lowest BCUT2D eigenvalue weighted by atomic mass is 10.1. The average Bonchev–Trinajstić information content (AvgIpc) is 2.47. The minimum absolute atomic E-state index is 0.328. The zero-order valence-electron chi connectivity index (χ0n) is 12.2. The molecule has 0 fully saturated rings. The number of anilines is 2.